The maximum absolute atomic E-state index is 8.29. The van der Waals surface area contributed by atoms with Crippen molar-refractivity contribution in [3.8, 4) is 0 Å². The third-order valence-corrected chi connectivity index (χ3v) is 2.66. The van der Waals surface area contributed by atoms with Gasteiger partial charge in [-0.05, 0) is 0 Å². The second-order valence-electron chi connectivity index (χ2n) is 1.15. The van der Waals surface area contributed by atoms with Crippen LogP contribution < -0.4 is 0 Å². The normalized spacial score (nSPS) is 10.7. The van der Waals surface area contributed by atoms with Gasteiger partial charge in [-0.2, -0.15) is 0 Å². The molecule has 1 N–H and O–H groups in total. The summed E-state index contributed by atoms with van der Waals surface area (Å²) < 4.78 is 14.5. The molecular weight excluding hydrogens is 187 g/mol. The first-order chi connectivity index (χ1) is 4.35. The molecule has 56 valence electrons. The van der Waals surface area contributed by atoms with Crippen molar-refractivity contribution in [3.63, 3.8) is 0 Å². The minimum atomic E-state index is -1.93. The van der Waals surface area contributed by atoms with Gasteiger partial charge >= 0.3 is 59.4 Å². The summed E-state index contributed by atoms with van der Waals surface area (Å²) in [7, 11) is 3.06. The van der Waals surface area contributed by atoms with E-state index in [0.717, 1.165) is 0 Å². The van der Waals surface area contributed by atoms with Gasteiger partial charge in [0, 0.05) is 0 Å². The van der Waals surface area contributed by atoms with E-state index >= 15 is 0 Å². The van der Waals surface area contributed by atoms with Crippen LogP contribution in [0, 0.1) is 0 Å². The molecule has 9 heavy (non-hydrogen) atoms. The summed E-state index contributed by atoms with van der Waals surface area (Å²) >= 11 is -1.93. The van der Waals surface area contributed by atoms with Crippen LogP contribution in [-0.4, -0.2) is 48.2 Å². The van der Waals surface area contributed by atoms with Crippen molar-refractivity contribution in [2.24, 2.45) is 0 Å². The zero-order chi connectivity index (χ0) is 7.11. The van der Waals surface area contributed by atoms with E-state index in [1.807, 2.05) is 0 Å². The Bertz CT molecular complexity index is 56.5. The van der Waals surface area contributed by atoms with Crippen molar-refractivity contribution in [2.45, 2.75) is 0 Å². The van der Waals surface area contributed by atoms with Gasteiger partial charge in [0.2, 0.25) is 0 Å². The van der Waals surface area contributed by atoms with Crippen LogP contribution in [0.15, 0.2) is 0 Å². The van der Waals surface area contributed by atoms with Gasteiger partial charge in [-0.15, -0.1) is 0 Å². The van der Waals surface area contributed by atoms with E-state index < -0.39 is 15.7 Å². The molecule has 0 atom stereocenters. The summed E-state index contributed by atoms with van der Waals surface area (Å²) in [5.74, 6) is 0. The van der Waals surface area contributed by atoms with E-state index in [2.05, 4.69) is 0 Å². The average Bonchev–Trinajstić information content (AvgIpc) is 1.91. The van der Waals surface area contributed by atoms with Crippen LogP contribution in [0.1, 0.15) is 0 Å². The van der Waals surface area contributed by atoms with Crippen molar-refractivity contribution in [2.75, 3.05) is 27.4 Å². The topological polar surface area (TPSA) is 47.9 Å². The predicted octanol–water partition coefficient (Wildman–Crippen LogP) is -0.727. The van der Waals surface area contributed by atoms with Crippen LogP contribution >= 0.6 is 0 Å². The maximum atomic E-state index is 8.29. The van der Waals surface area contributed by atoms with Gasteiger partial charge in [-0.1, -0.05) is 0 Å². The van der Waals surface area contributed by atoms with Crippen LogP contribution in [0.3, 0.4) is 0 Å². The Balaban J connectivity index is 3.09. The zero-order valence-corrected chi connectivity index (χ0v) is 7.41. The van der Waals surface area contributed by atoms with E-state index in [4.69, 9.17) is 16.3 Å². The Kier molecular flexibility index (Phi) is 6.81. The number of hydrogen-bond acceptors (Lipinski definition) is 4. The second-order valence-corrected chi connectivity index (χ2v) is 4.16. The molecule has 0 aromatic carbocycles. The van der Waals surface area contributed by atoms with E-state index in [1.54, 1.807) is 0 Å². The molecular formula is C4H11AsO4. The Morgan fingerprint density at radius 3 is 2.22 bits per heavy atom. The number of rotatable bonds is 5. The molecule has 0 aliphatic carbocycles. The fraction of sp³-hybridized carbons (Fsp3) is 1.00. The van der Waals surface area contributed by atoms with Crippen LogP contribution in [0.25, 0.3) is 0 Å². The summed E-state index contributed by atoms with van der Waals surface area (Å²) in [5, 5.41) is 8.29. The van der Waals surface area contributed by atoms with Crippen LogP contribution in [0.5, 0.6) is 0 Å². The molecule has 0 spiro atoms. The molecule has 0 radical (unpaired) electrons. The zero-order valence-electron chi connectivity index (χ0n) is 5.53. The molecule has 0 unspecified atom stereocenters. The Hall–Kier alpha value is 0.398. The fourth-order valence-corrected chi connectivity index (χ4v) is 1.53. The minimum absolute atomic E-state index is 0.0119. The molecule has 0 aromatic heterocycles. The first kappa shape index (κ1) is 9.40. The quantitative estimate of drug-likeness (QED) is 0.592. The summed E-state index contributed by atoms with van der Waals surface area (Å²) in [6.07, 6.45) is 0. The molecule has 0 saturated heterocycles. The second kappa shape index (κ2) is 6.52. The number of aliphatic hydroxyl groups excluding tert-OH is 1. The van der Waals surface area contributed by atoms with Gasteiger partial charge in [-0.3, -0.25) is 0 Å². The molecule has 0 aromatic rings. The molecule has 4 nitrogen and oxygen atoms in total. The van der Waals surface area contributed by atoms with Gasteiger partial charge in [0.15, 0.2) is 0 Å². The van der Waals surface area contributed by atoms with Crippen LogP contribution in [0.2, 0.25) is 0 Å². The SMILES string of the molecule is CO[As](OC)OCCO. The Morgan fingerprint density at radius 2 is 1.89 bits per heavy atom. The van der Waals surface area contributed by atoms with Crippen molar-refractivity contribution in [1.82, 2.24) is 0 Å². The molecule has 0 heterocycles. The van der Waals surface area contributed by atoms with Crippen molar-refractivity contribution < 1.29 is 16.3 Å². The van der Waals surface area contributed by atoms with Crippen LogP contribution in [-0.2, 0) is 11.2 Å². The first-order valence-electron chi connectivity index (χ1n) is 2.47. The number of aliphatic hydroxyl groups is 1. The van der Waals surface area contributed by atoms with Gasteiger partial charge in [0.25, 0.3) is 0 Å². The van der Waals surface area contributed by atoms with Crippen molar-refractivity contribution in [1.29, 1.82) is 0 Å². The Morgan fingerprint density at radius 1 is 1.33 bits per heavy atom. The third kappa shape index (κ3) is 4.87. The molecule has 0 bridgehead atoms. The molecule has 5 heteroatoms. The predicted molar refractivity (Wildman–Crippen MR) is 32.8 cm³/mol. The van der Waals surface area contributed by atoms with Gasteiger partial charge in [0.1, 0.15) is 0 Å². The van der Waals surface area contributed by atoms with E-state index in [9.17, 15) is 0 Å². The van der Waals surface area contributed by atoms with E-state index in [1.165, 1.54) is 14.2 Å². The Labute approximate surface area is 60.0 Å². The third-order valence-electron chi connectivity index (χ3n) is 0.586. The first-order valence-corrected chi connectivity index (χ1v) is 4.77. The molecule has 0 fully saturated rings. The van der Waals surface area contributed by atoms with Gasteiger partial charge in [0.05, 0.1) is 0 Å². The number of hydrogen-bond donors (Lipinski definition) is 1. The summed E-state index contributed by atoms with van der Waals surface area (Å²) in [5.41, 5.74) is 0. The van der Waals surface area contributed by atoms with Crippen molar-refractivity contribution >= 4 is 15.7 Å². The average molecular weight is 198 g/mol. The van der Waals surface area contributed by atoms with Gasteiger partial charge in [-0.25, -0.2) is 0 Å². The van der Waals surface area contributed by atoms with E-state index in [0.29, 0.717) is 6.61 Å². The van der Waals surface area contributed by atoms with Crippen molar-refractivity contribution in [3.05, 3.63) is 0 Å². The van der Waals surface area contributed by atoms with Crippen LogP contribution in [0.4, 0.5) is 0 Å². The fourth-order valence-electron chi connectivity index (χ4n) is 0.295. The summed E-state index contributed by atoms with van der Waals surface area (Å²) in [6, 6.07) is 0. The molecule has 0 aliphatic rings. The van der Waals surface area contributed by atoms with E-state index in [-0.39, 0.29) is 6.61 Å². The molecule has 0 amide bonds. The summed E-state index contributed by atoms with van der Waals surface area (Å²) in [4.78, 5) is 0. The monoisotopic (exact) mass is 198 g/mol. The standard InChI is InChI=1S/C4H11AsO4/c1-7-5(8-2)9-4-3-6/h6H,3-4H2,1-2H3. The molecule has 0 rings (SSSR count). The summed E-state index contributed by atoms with van der Waals surface area (Å²) in [6.45, 7) is 0.305. The molecule has 0 saturated carbocycles. The van der Waals surface area contributed by atoms with Gasteiger partial charge < -0.3 is 0 Å². The molecule has 0 aliphatic heterocycles.